The van der Waals surface area contributed by atoms with E-state index >= 15 is 0 Å². The smallest absolute Gasteiger partial charge is 0.409 e. The lowest BCUT2D eigenvalue weighted by Gasteiger charge is -2.23. The van der Waals surface area contributed by atoms with E-state index in [2.05, 4.69) is 10.6 Å². The first-order valence-electron chi connectivity index (χ1n) is 6.20. The summed E-state index contributed by atoms with van der Waals surface area (Å²) in [6, 6.07) is 1.52. The molecule has 3 N–H and O–H groups in total. The van der Waals surface area contributed by atoms with Crippen LogP contribution in [-0.4, -0.2) is 29.8 Å². The first-order chi connectivity index (χ1) is 9.40. The second-order valence-corrected chi connectivity index (χ2v) is 5.07. The number of carbonyl (C=O) groups is 2. The minimum Gasteiger partial charge on any atom is -0.489 e. The summed E-state index contributed by atoms with van der Waals surface area (Å²) in [6.07, 6.45) is -0.830. The van der Waals surface area contributed by atoms with Gasteiger partial charge in [-0.05, 0) is 25.8 Å². The SMILES string of the molecule is CC(C)Oc1cc(NC(=O)O)c2c(c1Cl)C(=O)NCC2. The standard InChI is InChI=1S/C13H15ClN2O4/c1-6(2)20-9-5-8(16-13(18)19)7-3-4-15-12(17)10(7)11(9)14/h5-6,16H,3-4H2,1-2H3,(H,15,17)(H,18,19). The van der Waals surface area contributed by atoms with Crippen LogP contribution in [0.5, 0.6) is 5.75 Å². The third-order valence-electron chi connectivity index (χ3n) is 2.83. The number of anilines is 1. The predicted octanol–water partition coefficient (Wildman–Crippen LogP) is 2.50. The van der Waals surface area contributed by atoms with E-state index in [1.165, 1.54) is 6.07 Å². The Labute approximate surface area is 121 Å². The van der Waals surface area contributed by atoms with E-state index in [1.54, 1.807) is 0 Å². The second kappa shape index (κ2) is 5.58. The Morgan fingerprint density at radius 1 is 1.55 bits per heavy atom. The lowest BCUT2D eigenvalue weighted by Crippen LogP contribution is -2.33. The molecule has 0 aromatic heterocycles. The molecule has 0 saturated carbocycles. The van der Waals surface area contributed by atoms with E-state index in [1.807, 2.05) is 13.8 Å². The van der Waals surface area contributed by atoms with Crippen molar-refractivity contribution in [1.29, 1.82) is 0 Å². The molecule has 108 valence electrons. The van der Waals surface area contributed by atoms with Crippen molar-refractivity contribution < 1.29 is 19.4 Å². The Hall–Kier alpha value is -1.95. The Morgan fingerprint density at radius 3 is 2.85 bits per heavy atom. The van der Waals surface area contributed by atoms with Gasteiger partial charge in [0.05, 0.1) is 22.4 Å². The summed E-state index contributed by atoms with van der Waals surface area (Å²) >= 11 is 6.21. The lowest BCUT2D eigenvalue weighted by molar-refractivity contribution is 0.0945. The molecule has 0 unspecified atom stereocenters. The number of nitrogens with one attached hydrogen (secondary N) is 2. The van der Waals surface area contributed by atoms with Crippen LogP contribution in [0.4, 0.5) is 10.5 Å². The topological polar surface area (TPSA) is 87.7 Å². The van der Waals surface area contributed by atoms with Gasteiger partial charge in [0.25, 0.3) is 5.91 Å². The van der Waals surface area contributed by atoms with Gasteiger partial charge in [-0.3, -0.25) is 10.1 Å². The van der Waals surface area contributed by atoms with Crippen molar-refractivity contribution in [2.24, 2.45) is 0 Å². The van der Waals surface area contributed by atoms with Crippen molar-refractivity contribution in [3.05, 3.63) is 22.2 Å². The molecular formula is C13H15ClN2O4. The van der Waals surface area contributed by atoms with Crippen molar-refractivity contribution in [3.63, 3.8) is 0 Å². The third-order valence-corrected chi connectivity index (χ3v) is 3.21. The summed E-state index contributed by atoms with van der Waals surface area (Å²) in [7, 11) is 0. The Bertz CT molecular complexity index is 572. The molecular weight excluding hydrogens is 284 g/mol. The van der Waals surface area contributed by atoms with E-state index in [0.717, 1.165) is 0 Å². The van der Waals surface area contributed by atoms with Crippen LogP contribution in [0.1, 0.15) is 29.8 Å². The first kappa shape index (κ1) is 14.5. The minimum atomic E-state index is -1.20. The fourth-order valence-corrected chi connectivity index (χ4v) is 2.42. The Kier molecular flexibility index (Phi) is 4.04. The molecule has 0 fully saturated rings. The van der Waals surface area contributed by atoms with Crippen molar-refractivity contribution in [2.75, 3.05) is 11.9 Å². The van der Waals surface area contributed by atoms with Crippen LogP contribution in [0.25, 0.3) is 0 Å². The molecule has 0 saturated heterocycles. The maximum absolute atomic E-state index is 12.0. The van der Waals surface area contributed by atoms with Gasteiger partial charge in [-0.1, -0.05) is 11.6 Å². The summed E-state index contributed by atoms with van der Waals surface area (Å²) < 4.78 is 5.54. The van der Waals surface area contributed by atoms with Gasteiger partial charge >= 0.3 is 6.09 Å². The van der Waals surface area contributed by atoms with Crippen LogP contribution in [0.15, 0.2) is 6.07 Å². The van der Waals surface area contributed by atoms with Crippen molar-refractivity contribution in [3.8, 4) is 5.75 Å². The summed E-state index contributed by atoms with van der Waals surface area (Å²) in [5.41, 5.74) is 1.21. The number of halogens is 1. The van der Waals surface area contributed by atoms with Crippen LogP contribution in [0.3, 0.4) is 0 Å². The zero-order valence-corrected chi connectivity index (χ0v) is 11.9. The highest BCUT2D eigenvalue weighted by Crippen LogP contribution is 2.38. The zero-order valence-electron chi connectivity index (χ0n) is 11.1. The molecule has 2 rings (SSSR count). The van der Waals surface area contributed by atoms with E-state index in [-0.39, 0.29) is 22.6 Å². The number of carbonyl (C=O) groups excluding carboxylic acids is 1. The Balaban J connectivity index is 2.59. The van der Waals surface area contributed by atoms with E-state index in [4.69, 9.17) is 21.4 Å². The van der Waals surface area contributed by atoms with Crippen LogP contribution in [0, 0.1) is 0 Å². The predicted molar refractivity (Wildman–Crippen MR) is 74.9 cm³/mol. The van der Waals surface area contributed by atoms with Gasteiger partial charge in [-0.2, -0.15) is 0 Å². The van der Waals surface area contributed by atoms with Gasteiger partial charge in [-0.25, -0.2) is 4.79 Å². The van der Waals surface area contributed by atoms with Crippen LogP contribution in [0.2, 0.25) is 5.02 Å². The lowest BCUT2D eigenvalue weighted by atomic mass is 9.97. The molecule has 1 aromatic rings. The van der Waals surface area contributed by atoms with Crippen molar-refractivity contribution >= 4 is 29.3 Å². The average Bonchev–Trinajstić information content (AvgIpc) is 2.33. The molecule has 0 aliphatic carbocycles. The highest BCUT2D eigenvalue weighted by atomic mass is 35.5. The molecule has 0 bridgehead atoms. The maximum atomic E-state index is 12.0. The number of amides is 2. The van der Waals surface area contributed by atoms with Gasteiger partial charge in [0.2, 0.25) is 0 Å². The van der Waals surface area contributed by atoms with Crippen LogP contribution >= 0.6 is 11.6 Å². The molecule has 0 spiro atoms. The van der Waals surface area contributed by atoms with Crippen LogP contribution < -0.4 is 15.4 Å². The first-order valence-corrected chi connectivity index (χ1v) is 6.58. The molecule has 0 atom stereocenters. The third kappa shape index (κ3) is 2.80. The van der Waals surface area contributed by atoms with E-state index in [9.17, 15) is 9.59 Å². The number of ether oxygens (including phenoxy) is 1. The molecule has 0 radical (unpaired) electrons. The molecule has 1 aliphatic rings. The highest BCUT2D eigenvalue weighted by Gasteiger charge is 2.26. The van der Waals surface area contributed by atoms with E-state index < -0.39 is 6.09 Å². The number of hydrogen-bond acceptors (Lipinski definition) is 3. The van der Waals surface area contributed by atoms with Gasteiger partial charge in [0.15, 0.2) is 0 Å². The van der Waals surface area contributed by atoms with Gasteiger partial charge in [0, 0.05) is 12.6 Å². The number of hydrogen-bond donors (Lipinski definition) is 3. The summed E-state index contributed by atoms with van der Waals surface area (Å²) in [6.45, 7) is 4.08. The van der Waals surface area contributed by atoms with Gasteiger partial charge in [0.1, 0.15) is 5.75 Å². The zero-order chi connectivity index (χ0) is 14.9. The van der Waals surface area contributed by atoms with Crippen molar-refractivity contribution in [1.82, 2.24) is 5.32 Å². The molecule has 1 aliphatic heterocycles. The minimum absolute atomic E-state index is 0.144. The molecule has 7 heteroatoms. The molecule has 2 amide bonds. The van der Waals surface area contributed by atoms with Crippen molar-refractivity contribution in [2.45, 2.75) is 26.4 Å². The van der Waals surface area contributed by atoms with Gasteiger partial charge < -0.3 is 15.2 Å². The Morgan fingerprint density at radius 2 is 2.25 bits per heavy atom. The molecule has 1 heterocycles. The number of fused-ring (bicyclic) bond motifs is 1. The molecule has 6 nitrogen and oxygen atoms in total. The summed E-state index contributed by atoms with van der Waals surface area (Å²) in [4.78, 5) is 22.8. The number of benzene rings is 1. The van der Waals surface area contributed by atoms with E-state index in [0.29, 0.717) is 30.0 Å². The summed E-state index contributed by atoms with van der Waals surface area (Å²) in [5, 5.41) is 14.1. The number of carboxylic acid groups (broad SMARTS) is 1. The van der Waals surface area contributed by atoms with Gasteiger partial charge in [-0.15, -0.1) is 0 Å². The highest BCUT2D eigenvalue weighted by molar-refractivity contribution is 6.36. The second-order valence-electron chi connectivity index (χ2n) is 4.69. The quantitative estimate of drug-likeness (QED) is 0.800. The summed E-state index contributed by atoms with van der Waals surface area (Å²) in [5.74, 6) is -0.0277. The molecule has 20 heavy (non-hydrogen) atoms. The largest absolute Gasteiger partial charge is 0.489 e. The molecule has 1 aromatic carbocycles. The monoisotopic (exact) mass is 298 g/mol. The number of rotatable bonds is 3. The fourth-order valence-electron chi connectivity index (χ4n) is 2.12. The normalized spacial score (nSPS) is 13.7. The van der Waals surface area contributed by atoms with Crippen LogP contribution in [-0.2, 0) is 6.42 Å². The maximum Gasteiger partial charge on any atom is 0.409 e. The average molecular weight is 299 g/mol. The fraction of sp³-hybridized carbons (Fsp3) is 0.385.